The van der Waals surface area contributed by atoms with Crippen LogP contribution in [-0.2, 0) is 0 Å². The number of amides is 1. The maximum Gasteiger partial charge on any atom is 0.354 e. The van der Waals surface area contributed by atoms with Gasteiger partial charge in [-0.2, -0.15) is 0 Å². The number of carboxylic acids is 1. The molecule has 0 spiro atoms. The predicted octanol–water partition coefficient (Wildman–Crippen LogP) is 2.04. The molecule has 1 aromatic rings. The molecule has 0 aliphatic carbocycles. The predicted molar refractivity (Wildman–Crippen MR) is 67.7 cm³/mol. The molecule has 0 aliphatic rings. The second kappa shape index (κ2) is 5.16. The Balaban J connectivity index is 3.04. The molecule has 0 unspecified atom stereocenters. The third-order valence-corrected chi connectivity index (χ3v) is 3.30. The van der Waals surface area contributed by atoms with Crippen LogP contribution in [0.5, 0.6) is 0 Å². The summed E-state index contributed by atoms with van der Waals surface area (Å²) in [6, 6.07) is 2.82. The number of aromatic carboxylic acids is 1. The molecule has 5 heteroatoms. The summed E-state index contributed by atoms with van der Waals surface area (Å²) in [6.45, 7) is 5.92. The quantitative estimate of drug-likeness (QED) is 0.887. The fourth-order valence-electron chi connectivity index (χ4n) is 1.39. The van der Waals surface area contributed by atoms with E-state index in [1.165, 1.54) is 18.3 Å². The van der Waals surface area contributed by atoms with E-state index in [0.717, 1.165) is 6.42 Å². The van der Waals surface area contributed by atoms with Crippen molar-refractivity contribution in [3.05, 3.63) is 29.6 Å². The molecule has 0 aromatic carbocycles. The van der Waals surface area contributed by atoms with Gasteiger partial charge in [0.1, 0.15) is 5.69 Å². The Morgan fingerprint density at radius 3 is 2.56 bits per heavy atom. The Bertz CT molecular complexity index is 469. The van der Waals surface area contributed by atoms with E-state index in [4.69, 9.17) is 5.11 Å². The van der Waals surface area contributed by atoms with Crippen LogP contribution >= 0.6 is 0 Å². The Kier molecular flexibility index (Phi) is 4.06. The molecule has 18 heavy (non-hydrogen) atoms. The number of aromatic nitrogens is 1. The normalized spacial score (nSPS) is 11.1. The van der Waals surface area contributed by atoms with Crippen LogP contribution in [0.2, 0.25) is 0 Å². The molecular weight excluding hydrogens is 232 g/mol. The van der Waals surface area contributed by atoms with Crippen LogP contribution in [0.25, 0.3) is 0 Å². The number of nitrogens with zero attached hydrogens (tertiary/aromatic N) is 2. The van der Waals surface area contributed by atoms with E-state index in [9.17, 15) is 9.59 Å². The van der Waals surface area contributed by atoms with Gasteiger partial charge < -0.3 is 10.0 Å². The highest BCUT2D eigenvalue weighted by molar-refractivity contribution is 5.96. The van der Waals surface area contributed by atoms with Crippen molar-refractivity contribution in [1.29, 1.82) is 0 Å². The van der Waals surface area contributed by atoms with E-state index in [1.54, 1.807) is 11.9 Å². The van der Waals surface area contributed by atoms with Crippen LogP contribution in [-0.4, -0.2) is 39.5 Å². The van der Waals surface area contributed by atoms with Gasteiger partial charge in [0.05, 0.1) is 0 Å². The number of hydrogen-bond donors (Lipinski definition) is 1. The molecule has 0 fully saturated rings. The summed E-state index contributed by atoms with van der Waals surface area (Å²) in [7, 11) is 1.71. The van der Waals surface area contributed by atoms with Gasteiger partial charge in [-0.25, -0.2) is 9.78 Å². The summed E-state index contributed by atoms with van der Waals surface area (Å²) < 4.78 is 0. The first kappa shape index (κ1) is 14.2. The second-order valence-electron chi connectivity index (χ2n) is 4.77. The van der Waals surface area contributed by atoms with Gasteiger partial charge in [0, 0.05) is 24.3 Å². The molecule has 0 saturated heterocycles. The van der Waals surface area contributed by atoms with Gasteiger partial charge in [0.15, 0.2) is 0 Å². The molecule has 5 nitrogen and oxygen atoms in total. The van der Waals surface area contributed by atoms with Crippen LogP contribution < -0.4 is 0 Å². The van der Waals surface area contributed by atoms with Crippen molar-refractivity contribution >= 4 is 11.9 Å². The number of hydrogen-bond acceptors (Lipinski definition) is 3. The Hall–Kier alpha value is -1.91. The highest BCUT2D eigenvalue weighted by Crippen LogP contribution is 2.19. The van der Waals surface area contributed by atoms with Crippen LogP contribution in [0.15, 0.2) is 18.3 Å². The monoisotopic (exact) mass is 250 g/mol. The molecule has 98 valence electrons. The molecule has 1 amide bonds. The standard InChI is InChI=1S/C13H18N2O3/c1-5-13(2,3)15(4)11(16)9-6-7-14-10(8-9)12(17)18/h6-8H,5H2,1-4H3,(H,17,18). The van der Waals surface area contributed by atoms with Crippen molar-refractivity contribution < 1.29 is 14.7 Å². The van der Waals surface area contributed by atoms with Gasteiger partial charge in [-0.15, -0.1) is 0 Å². The molecule has 1 aromatic heterocycles. The summed E-state index contributed by atoms with van der Waals surface area (Å²) >= 11 is 0. The fraction of sp³-hybridized carbons (Fsp3) is 0.462. The van der Waals surface area contributed by atoms with Crippen molar-refractivity contribution in [3.8, 4) is 0 Å². The minimum atomic E-state index is -1.14. The fourth-order valence-corrected chi connectivity index (χ4v) is 1.39. The van der Waals surface area contributed by atoms with Gasteiger partial charge in [-0.05, 0) is 32.4 Å². The lowest BCUT2D eigenvalue weighted by molar-refractivity contribution is 0.0620. The summed E-state index contributed by atoms with van der Waals surface area (Å²) in [5.74, 6) is -1.34. The lowest BCUT2D eigenvalue weighted by Crippen LogP contribution is -2.44. The lowest BCUT2D eigenvalue weighted by Gasteiger charge is -2.34. The Morgan fingerprint density at radius 1 is 1.44 bits per heavy atom. The third kappa shape index (κ3) is 2.85. The first-order chi connectivity index (χ1) is 8.29. The van der Waals surface area contributed by atoms with Crippen LogP contribution in [0, 0.1) is 0 Å². The molecular formula is C13H18N2O3. The minimum Gasteiger partial charge on any atom is -0.477 e. The number of carbonyl (C=O) groups excluding carboxylic acids is 1. The molecule has 0 atom stereocenters. The van der Waals surface area contributed by atoms with Crippen molar-refractivity contribution in [2.24, 2.45) is 0 Å². The zero-order valence-corrected chi connectivity index (χ0v) is 11.1. The highest BCUT2D eigenvalue weighted by atomic mass is 16.4. The summed E-state index contributed by atoms with van der Waals surface area (Å²) in [5, 5.41) is 8.85. The van der Waals surface area contributed by atoms with E-state index in [-0.39, 0.29) is 17.1 Å². The van der Waals surface area contributed by atoms with Crippen molar-refractivity contribution in [3.63, 3.8) is 0 Å². The zero-order valence-electron chi connectivity index (χ0n) is 11.1. The summed E-state index contributed by atoms with van der Waals surface area (Å²) in [5.41, 5.74) is -0.0565. The van der Waals surface area contributed by atoms with Gasteiger partial charge in [0.2, 0.25) is 0 Å². The first-order valence-electron chi connectivity index (χ1n) is 5.77. The molecule has 1 N–H and O–H groups in total. The van der Waals surface area contributed by atoms with Crippen molar-refractivity contribution in [1.82, 2.24) is 9.88 Å². The first-order valence-corrected chi connectivity index (χ1v) is 5.77. The maximum atomic E-state index is 12.2. The number of pyridine rings is 1. The van der Waals surface area contributed by atoms with Crippen molar-refractivity contribution in [2.45, 2.75) is 32.7 Å². The average Bonchev–Trinajstić information content (AvgIpc) is 2.37. The van der Waals surface area contributed by atoms with Crippen LogP contribution in [0.4, 0.5) is 0 Å². The Labute approximate surface area is 106 Å². The number of carbonyl (C=O) groups is 2. The van der Waals surface area contributed by atoms with E-state index in [2.05, 4.69) is 4.98 Å². The van der Waals surface area contributed by atoms with Crippen LogP contribution in [0.1, 0.15) is 48.0 Å². The van der Waals surface area contributed by atoms with Crippen LogP contribution in [0.3, 0.4) is 0 Å². The van der Waals surface area contributed by atoms with Gasteiger partial charge in [-0.1, -0.05) is 6.92 Å². The summed E-state index contributed by atoms with van der Waals surface area (Å²) in [6.07, 6.45) is 2.15. The largest absolute Gasteiger partial charge is 0.477 e. The summed E-state index contributed by atoms with van der Waals surface area (Å²) in [4.78, 5) is 28.4. The zero-order chi connectivity index (χ0) is 13.9. The highest BCUT2D eigenvalue weighted by Gasteiger charge is 2.26. The topological polar surface area (TPSA) is 70.5 Å². The molecule has 1 heterocycles. The van der Waals surface area contributed by atoms with E-state index in [1.807, 2.05) is 20.8 Å². The van der Waals surface area contributed by atoms with Gasteiger partial charge >= 0.3 is 5.97 Å². The smallest absolute Gasteiger partial charge is 0.354 e. The maximum absolute atomic E-state index is 12.2. The Morgan fingerprint density at radius 2 is 2.06 bits per heavy atom. The molecule has 0 bridgehead atoms. The van der Waals surface area contributed by atoms with E-state index < -0.39 is 5.97 Å². The van der Waals surface area contributed by atoms with Gasteiger partial charge in [-0.3, -0.25) is 4.79 Å². The average molecular weight is 250 g/mol. The lowest BCUT2D eigenvalue weighted by atomic mass is 9.99. The molecule has 0 saturated carbocycles. The number of carboxylic acid groups (broad SMARTS) is 1. The minimum absolute atomic E-state index is 0.122. The SMILES string of the molecule is CCC(C)(C)N(C)C(=O)c1ccnc(C(=O)O)c1. The van der Waals surface area contributed by atoms with E-state index in [0.29, 0.717) is 5.56 Å². The molecule has 0 radical (unpaired) electrons. The molecule has 1 rings (SSSR count). The van der Waals surface area contributed by atoms with Crippen molar-refractivity contribution in [2.75, 3.05) is 7.05 Å². The number of rotatable bonds is 4. The molecule has 0 aliphatic heterocycles. The van der Waals surface area contributed by atoms with E-state index >= 15 is 0 Å². The van der Waals surface area contributed by atoms with Gasteiger partial charge in [0.25, 0.3) is 5.91 Å². The second-order valence-corrected chi connectivity index (χ2v) is 4.77. The third-order valence-electron chi connectivity index (χ3n) is 3.30.